The molecule has 0 aromatic rings. The molecule has 2 aliphatic rings. The van der Waals surface area contributed by atoms with Crippen LogP contribution in [0.2, 0.25) is 0 Å². The Morgan fingerprint density at radius 2 is 2.33 bits per heavy atom. The molecule has 0 aromatic carbocycles. The molecule has 2 fully saturated rings. The second kappa shape index (κ2) is 3.95. The first kappa shape index (κ1) is 10.7. The van der Waals surface area contributed by atoms with E-state index in [1.54, 1.807) is 6.92 Å². The molecule has 2 rings (SSSR count). The van der Waals surface area contributed by atoms with Gasteiger partial charge in [0.15, 0.2) is 0 Å². The van der Waals surface area contributed by atoms with Crippen molar-refractivity contribution in [1.82, 2.24) is 0 Å². The van der Waals surface area contributed by atoms with Crippen molar-refractivity contribution in [1.29, 1.82) is 0 Å². The van der Waals surface area contributed by atoms with Crippen molar-refractivity contribution in [3.8, 4) is 0 Å². The lowest BCUT2D eigenvalue weighted by Gasteiger charge is -2.50. The summed E-state index contributed by atoms with van der Waals surface area (Å²) in [5.41, 5.74) is -0.315. The van der Waals surface area contributed by atoms with Crippen LogP contribution in [0.1, 0.15) is 45.4 Å². The highest BCUT2D eigenvalue weighted by molar-refractivity contribution is 5.90. The summed E-state index contributed by atoms with van der Waals surface area (Å²) in [6, 6.07) is 0. The summed E-state index contributed by atoms with van der Waals surface area (Å²) in [4.78, 5) is 23.4. The van der Waals surface area contributed by atoms with Gasteiger partial charge in [0, 0.05) is 11.8 Å². The first-order chi connectivity index (χ1) is 7.19. The molecule has 0 aromatic heterocycles. The van der Waals surface area contributed by atoms with Gasteiger partial charge in [0.25, 0.3) is 0 Å². The third-order valence-corrected chi connectivity index (χ3v) is 4.00. The predicted molar refractivity (Wildman–Crippen MR) is 55.3 cm³/mol. The van der Waals surface area contributed by atoms with Gasteiger partial charge in [0.05, 0.1) is 13.0 Å². The van der Waals surface area contributed by atoms with Crippen LogP contribution in [0, 0.1) is 11.3 Å². The molecule has 2 unspecified atom stereocenters. The Morgan fingerprint density at radius 1 is 1.53 bits per heavy atom. The standard InChI is InChI=1S/C12H18O3/c1-2-15-11(14)8-12-7-6-9(12)4-3-5-10(12)13/h9H,2-8H2,1H3. The summed E-state index contributed by atoms with van der Waals surface area (Å²) in [7, 11) is 0. The van der Waals surface area contributed by atoms with Gasteiger partial charge in [-0.1, -0.05) is 0 Å². The van der Waals surface area contributed by atoms with Crippen LogP contribution in [-0.2, 0) is 14.3 Å². The summed E-state index contributed by atoms with van der Waals surface area (Å²) < 4.78 is 4.95. The van der Waals surface area contributed by atoms with E-state index in [1.165, 1.54) is 0 Å². The van der Waals surface area contributed by atoms with Crippen LogP contribution in [0.15, 0.2) is 0 Å². The lowest BCUT2D eigenvalue weighted by molar-refractivity contribution is -0.160. The zero-order chi connectivity index (χ0) is 10.9. The second-order valence-electron chi connectivity index (χ2n) is 4.69. The Kier molecular flexibility index (Phi) is 2.81. The van der Waals surface area contributed by atoms with Gasteiger partial charge in [-0.2, -0.15) is 0 Å². The molecule has 2 aliphatic carbocycles. The summed E-state index contributed by atoms with van der Waals surface area (Å²) >= 11 is 0. The fourth-order valence-electron chi connectivity index (χ4n) is 3.04. The van der Waals surface area contributed by atoms with E-state index in [-0.39, 0.29) is 11.4 Å². The highest BCUT2D eigenvalue weighted by Gasteiger charge is 2.54. The Hall–Kier alpha value is -0.860. The van der Waals surface area contributed by atoms with E-state index in [0.717, 1.165) is 25.7 Å². The number of carbonyl (C=O) groups is 2. The molecule has 0 saturated heterocycles. The molecule has 0 aliphatic heterocycles. The fraction of sp³-hybridized carbons (Fsp3) is 0.833. The number of fused-ring (bicyclic) bond motifs is 1. The Bertz CT molecular complexity index is 285. The average Bonchev–Trinajstić information content (AvgIpc) is 2.17. The van der Waals surface area contributed by atoms with Gasteiger partial charge >= 0.3 is 5.97 Å². The first-order valence-corrected chi connectivity index (χ1v) is 5.88. The number of ketones is 1. The third kappa shape index (κ3) is 1.68. The molecule has 2 saturated carbocycles. The predicted octanol–water partition coefficient (Wildman–Crippen LogP) is 2.09. The summed E-state index contributed by atoms with van der Waals surface area (Å²) in [6.45, 7) is 2.21. The average molecular weight is 210 g/mol. The quantitative estimate of drug-likeness (QED) is 0.670. The topological polar surface area (TPSA) is 43.4 Å². The summed E-state index contributed by atoms with van der Waals surface area (Å²) in [6.07, 6.45) is 5.12. The third-order valence-electron chi connectivity index (χ3n) is 4.00. The number of hydrogen-bond donors (Lipinski definition) is 0. The molecule has 0 amide bonds. The molecule has 0 spiro atoms. The number of hydrogen-bond acceptors (Lipinski definition) is 3. The highest BCUT2D eigenvalue weighted by Crippen LogP contribution is 2.55. The molecular weight excluding hydrogens is 192 g/mol. The van der Waals surface area contributed by atoms with Crippen LogP contribution in [-0.4, -0.2) is 18.4 Å². The summed E-state index contributed by atoms with van der Waals surface area (Å²) in [5, 5.41) is 0. The molecule has 0 N–H and O–H groups in total. The minimum Gasteiger partial charge on any atom is -0.466 e. The van der Waals surface area contributed by atoms with Gasteiger partial charge < -0.3 is 4.74 Å². The van der Waals surface area contributed by atoms with Gasteiger partial charge in [-0.25, -0.2) is 0 Å². The number of ether oxygens (including phenoxy) is 1. The van der Waals surface area contributed by atoms with Crippen LogP contribution < -0.4 is 0 Å². The van der Waals surface area contributed by atoms with Crippen molar-refractivity contribution in [2.45, 2.75) is 45.4 Å². The Balaban J connectivity index is 2.04. The lowest BCUT2D eigenvalue weighted by Crippen LogP contribution is -2.50. The minimum absolute atomic E-state index is 0.197. The van der Waals surface area contributed by atoms with Crippen LogP contribution in [0.4, 0.5) is 0 Å². The van der Waals surface area contributed by atoms with Crippen LogP contribution >= 0.6 is 0 Å². The normalized spacial score (nSPS) is 34.2. The van der Waals surface area contributed by atoms with Crippen molar-refractivity contribution in [2.24, 2.45) is 11.3 Å². The fourth-order valence-corrected chi connectivity index (χ4v) is 3.04. The SMILES string of the molecule is CCOC(=O)CC12CCC1CCCC2=O. The number of carbonyl (C=O) groups excluding carboxylic acids is 2. The van der Waals surface area contributed by atoms with E-state index in [0.29, 0.717) is 31.1 Å². The lowest BCUT2D eigenvalue weighted by atomic mass is 9.52. The van der Waals surface area contributed by atoms with E-state index < -0.39 is 0 Å². The smallest absolute Gasteiger partial charge is 0.306 e. The monoisotopic (exact) mass is 210 g/mol. The Morgan fingerprint density at radius 3 is 2.87 bits per heavy atom. The number of Topliss-reactive ketones (excluding diaryl/α,β-unsaturated/α-hetero) is 1. The molecule has 3 nitrogen and oxygen atoms in total. The molecular formula is C12H18O3. The van der Waals surface area contributed by atoms with Crippen LogP contribution in [0.25, 0.3) is 0 Å². The maximum Gasteiger partial charge on any atom is 0.306 e. The number of esters is 1. The molecule has 15 heavy (non-hydrogen) atoms. The second-order valence-corrected chi connectivity index (χ2v) is 4.69. The molecule has 0 radical (unpaired) electrons. The van der Waals surface area contributed by atoms with Gasteiger partial charge in [-0.15, -0.1) is 0 Å². The van der Waals surface area contributed by atoms with Crippen molar-refractivity contribution in [3.63, 3.8) is 0 Å². The maximum absolute atomic E-state index is 11.9. The van der Waals surface area contributed by atoms with Crippen molar-refractivity contribution >= 4 is 11.8 Å². The van der Waals surface area contributed by atoms with Crippen LogP contribution in [0.3, 0.4) is 0 Å². The zero-order valence-corrected chi connectivity index (χ0v) is 9.25. The van der Waals surface area contributed by atoms with E-state index in [2.05, 4.69) is 0 Å². The van der Waals surface area contributed by atoms with Crippen molar-refractivity contribution < 1.29 is 14.3 Å². The summed E-state index contributed by atoms with van der Waals surface area (Å²) in [5.74, 6) is 0.568. The maximum atomic E-state index is 11.9. The van der Waals surface area contributed by atoms with Crippen molar-refractivity contribution in [2.75, 3.05) is 6.61 Å². The molecule has 0 bridgehead atoms. The largest absolute Gasteiger partial charge is 0.466 e. The molecule has 3 heteroatoms. The molecule has 84 valence electrons. The highest BCUT2D eigenvalue weighted by atomic mass is 16.5. The van der Waals surface area contributed by atoms with E-state index >= 15 is 0 Å². The van der Waals surface area contributed by atoms with Gasteiger partial charge in [-0.3, -0.25) is 9.59 Å². The van der Waals surface area contributed by atoms with E-state index in [9.17, 15) is 9.59 Å². The Labute approximate surface area is 90.2 Å². The zero-order valence-electron chi connectivity index (χ0n) is 9.25. The van der Waals surface area contributed by atoms with Gasteiger partial charge in [0.1, 0.15) is 5.78 Å². The van der Waals surface area contributed by atoms with E-state index in [1.807, 2.05) is 0 Å². The minimum atomic E-state index is -0.315. The van der Waals surface area contributed by atoms with Gasteiger partial charge in [0.2, 0.25) is 0 Å². The van der Waals surface area contributed by atoms with Crippen LogP contribution in [0.5, 0.6) is 0 Å². The molecule has 0 heterocycles. The number of rotatable bonds is 3. The van der Waals surface area contributed by atoms with Gasteiger partial charge in [-0.05, 0) is 38.5 Å². The molecule has 2 atom stereocenters. The van der Waals surface area contributed by atoms with E-state index in [4.69, 9.17) is 4.74 Å². The van der Waals surface area contributed by atoms with Crippen molar-refractivity contribution in [3.05, 3.63) is 0 Å². The first-order valence-electron chi connectivity index (χ1n) is 5.88.